The standard InChI is InChI=1S/C8H11F3N4/c1-14-7(12-5-13-14)4-15-2-6(3-15)8(9,10)11/h5-6H,2-4H2,1H3. The van der Waals surface area contributed by atoms with Crippen LogP contribution in [0.25, 0.3) is 0 Å². The van der Waals surface area contributed by atoms with E-state index in [4.69, 9.17) is 0 Å². The van der Waals surface area contributed by atoms with E-state index in [2.05, 4.69) is 10.1 Å². The fraction of sp³-hybridized carbons (Fsp3) is 0.750. The van der Waals surface area contributed by atoms with Gasteiger partial charge in [0, 0.05) is 20.1 Å². The van der Waals surface area contributed by atoms with Crippen LogP contribution >= 0.6 is 0 Å². The average molecular weight is 220 g/mol. The third-order valence-corrected chi connectivity index (χ3v) is 2.59. The Morgan fingerprint density at radius 2 is 2.13 bits per heavy atom. The number of likely N-dealkylation sites (tertiary alicyclic amines) is 1. The van der Waals surface area contributed by atoms with Gasteiger partial charge >= 0.3 is 6.18 Å². The zero-order valence-corrected chi connectivity index (χ0v) is 8.20. The summed E-state index contributed by atoms with van der Waals surface area (Å²) < 4.78 is 38.1. The maximum atomic E-state index is 12.2. The van der Waals surface area contributed by atoms with Crippen molar-refractivity contribution in [2.75, 3.05) is 13.1 Å². The predicted octanol–water partition coefficient (Wildman–Crippen LogP) is 0.809. The summed E-state index contributed by atoms with van der Waals surface area (Å²) in [7, 11) is 1.73. The van der Waals surface area contributed by atoms with Gasteiger partial charge in [-0.05, 0) is 0 Å². The molecule has 1 aromatic heterocycles. The maximum absolute atomic E-state index is 12.2. The van der Waals surface area contributed by atoms with Crippen molar-refractivity contribution in [3.8, 4) is 0 Å². The molecule has 4 nitrogen and oxygen atoms in total. The number of hydrogen-bond donors (Lipinski definition) is 0. The topological polar surface area (TPSA) is 34.0 Å². The number of nitrogens with zero attached hydrogens (tertiary/aromatic N) is 4. The molecule has 0 spiro atoms. The molecule has 0 aromatic carbocycles. The highest BCUT2D eigenvalue weighted by atomic mass is 19.4. The van der Waals surface area contributed by atoms with Crippen LogP contribution in [-0.2, 0) is 13.6 Å². The molecule has 84 valence electrons. The van der Waals surface area contributed by atoms with E-state index in [0.717, 1.165) is 0 Å². The van der Waals surface area contributed by atoms with Gasteiger partial charge in [0.1, 0.15) is 12.2 Å². The first-order valence-electron chi connectivity index (χ1n) is 4.59. The molecule has 1 fully saturated rings. The molecule has 15 heavy (non-hydrogen) atoms. The van der Waals surface area contributed by atoms with E-state index < -0.39 is 12.1 Å². The van der Waals surface area contributed by atoms with Crippen LogP contribution in [0.1, 0.15) is 5.82 Å². The summed E-state index contributed by atoms with van der Waals surface area (Å²) >= 11 is 0. The monoisotopic (exact) mass is 220 g/mol. The Balaban J connectivity index is 1.84. The van der Waals surface area contributed by atoms with E-state index >= 15 is 0 Å². The lowest BCUT2D eigenvalue weighted by Crippen LogP contribution is -2.52. The Hall–Kier alpha value is -1.11. The smallest absolute Gasteiger partial charge is 0.295 e. The van der Waals surface area contributed by atoms with Crippen molar-refractivity contribution in [2.45, 2.75) is 12.7 Å². The van der Waals surface area contributed by atoms with Crippen molar-refractivity contribution >= 4 is 0 Å². The number of aryl methyl sites for hydroxylation is 1. The predicted molar refractivity (Wildman–Crippen MR) is 45.8 cm³/mol. The van der Waals surface area contributed by atoms with Crippen LogP contribution in [0, 0.1) is 5.92 Å². The second kappa shape index (κ2) is 3.48. The van der Waals surface area contributed by atoms with Crippen LogP contribution in [-0.4, -0.2) is 38.9 Å². The number of rotatable bonds is 2. The third kappa shape index (κ3) is 2.11. The Morgan fingerprint density at radius 1 is 1.47 bits per heavy atom. The molecule has 2 heterocycles. The van der Waals surface area contributed by atoms with Crippen molar-refractivity contribution in [2.24, 2.45) is 13.0 Å². The van der Waals surface area contributed by atoms with Crippen LogP contribution < -0.4 is 0 Å². The summed E-state index contributed by atoms with van der Waals surface area (Å²) in [6.07, 6.45) is -2.66. The van der Waals surface area contributed by atoms with Crippen molar-refractivity contribution in [1.82, 2.24) is 19.7 Å². The highest BCUT2D eigenvalue weighted by Crippen LogP contribution is 2.33. The zero-order chi connectivity index (χ0) is 11.1. The first-order chi connectivity index (χ1) is 6.97. The Morgan fingerprint density at radius 3 is 2.60 bits per heavy atom. The number of halogens is 3. The molecule has 1 aromatic rings. The van der Waals surface area contributed by atoms with E-state index in [1.807, 2.05) is 0 Å². The van der Waals surface area contributed by atoms with Gasteiger partial charge in [0.15, 0.2) is 0 Å². The van der Waals surface area contributed by atoms with E-state index in [1.54, 1.807) is 16.6 Å². The molecule has 0 amide bonds. The number of aromatic nitrogens is 3. The van der Waals surface area contributed by atoms with Crippen LogP contribution in [0.5, 0.6) is 0 Å². The average Bonchev–Trinajstić information content (AvgIpc) is 2.40. The van der Waals surface area contributed by atoms with Crippen LogP contribution in [0.4, 0.5) is 13.2 Å². The van der Waals surface area contributed by atoms with Crippen molar-refractivity contribution in [3.05, 3.63) is 12.2 Å². The van der Waals surface area contributed by atoms with Gasteiger partial charge in [0.05, 0.1) is 12.5 Å². The minimum Gasteiger partial charge on any atom is -0.295 e. The quantitative estimate of drug-likeness (QED) is 0.739. The second-order valence-corrected chi connectivity index (χ2v) is 3.73. The number of hydrogen-bond acceptors (Lipinski definition) is 3. The molecule has 1 aliphatic rings. The summed E-state index contributed by atoms with van der Waals surface area (Å²) in [5.74, 6) is -0.485. The van der Waals surface area contributed by atoms with Gasteiger partial charge in [0.2, 0.25) is 0 Å². The van der Waals surface area contributed by atoms with Gasteiger partial charge in [-0.3, -0.25) is 9.58 Å². The molecule has 0 atom stereocenters. The van der Waals surface area contributed by atoms with Crippen LogP contribution in [0.15, 0.2) is 6.33 Å². The van der Waals surface area contributed by atoms with Crippen LogP contribution in [0.2, 0.25) is 0 Å². The molecular formula is C8H11F3N4. The Kier molecular flexibility index (Phi) is 2.41. The zero-order valence-electron chi connectivity index (χ0n) is 8.20. The van der Waals surface area contributed by atoms with Crippen LogP contribution in [0.3, 0.4) is 0 Å². The van der Waals surface area contributed by atoms with Gasteiger partial charge < -0.3 is 0 Å². The van der Waals surface area contributed by atoms with Gasteiger partial charge in [-0.15, -0.1) is 0 Å². The van der Waals surface area contributed by atoms with Gasteiger partial charge in [-0.1, -0.05) is 0 Å². The van der Waals surface area contributed by atoms with Gasteiger partial charge in [-0.25, -0.2) is 4.98 Å². The largest absolute Gasteiger partial charge is 0.394 e. The first kappa shape index (κ1) is 10.4. The lowest BCUT2D eigenvalue weighted by atomic mass is 10.00. The third-order valence-electron chi connectivity index (χ3n) is 2.59. The summed E-state index contributed by atoms with van der Waals surface area (Å²) in [5.41, 5.74) is 0. The molecule has 1 saturated heterocycles. The van der Waals surface area contributed by atoms with Crippen molar-refractivity contribution in [3.63, 3.8) is 0 Å². The van der Waals surface area contributed by atoms with Crippen molar-refractivity contribution < 1.29 is 13.2 Å². The SMILES string of the molecule is Cn1ncnc1CN1CC(C(F)(F)F)C1. The molecule has 7 heteroatoms. The molecule has 0 radical (unpaired) electrons. The maximum Gasteiger partial charge on any atom is 0.394 e. The van der Waals surface area contributed by atoms with Gasteiger partial charge in [0.25, 0.3) is 0 Å². The Labute approximate surface area is 84.7 Å². The lowest BCUT2D eigenvalue weighted by molar-refractivity contribution is -0.210. The summed E-state index contributed by atoms with van der Waals surface area (Å²) in [5, 5.41) is 3.85. The molecule has 0 unspecified atom stereocenters. The van der Waals surface area contributed by atoms with E-state index in [0.29, 0.717) is 12.4 Å². The molecule has 0 saturated carbocycles. The van der Waals surface area contributed by atoms with E-state index in [1.165, 1.54) is 6.33 Å². The molecule has 2 rings (SSSR count). The minimum absolute atomic E-state index is 0.0658. The lowest BCUT2D eigenvalue weighted by Gasteiger charge is -2.39. The minimum atomic E-state index is -4.06. The molecular weight excluding hydrogens is 209 g/mol. The molecule has 0 N–H and O–H groups in total. The Bertz CT molecular complexity index is 340. The molecule has 0 aliphatic carbocycles. The fourth-order valence-corrected chi connectivity index (χ4v) is 1.57. The molecule has 0 bridgehead atoms. The summed E-state index contributed by atoms with van der Waals surface area (Å²) in [4.78, 5) is 5.66. The number of alkyl halides is 3. The summed E-state index contributed by atoms with van der Waals surface area (Å²) in [6.45, 7) is 0.565. The van der Waals surface area contributed by atoms with E-state index in [-0.39, 0.29) is 13.1 Å². The van der Waals surface area contributed by atoms with E-state index in [9.17, 15) is 13.2 Å². The van der Waals surface area contributed by atoms with Crippen molar-refractivity contribution in [1.29, 1.82) is 0 Å². The molecule has 1 aliphatic heterocycles. The highest BCUT2D eigenvalue weighted by Gasteiger charge is 2.47. The summed E-state index contributed by atoms with van der Waals surface area (Å²) in [6, 6.07) is 0. The second-order valence-electron chi connectivity index (χ2n) is 3.73. The fourth-order valence-electron chi connectivity index (χ4n) is 1.57. The highest BCUT2D eigenvalue weighted by molar-refractivity contribution is 4.90. The first-order valence-corrected chi connectivity index (χ1v) is 4.59. The van der Waals surface area contributed by atoms with Gasteiger partial charge in [-0.2, -0.15) is 18.3 Å². The normalized spacial score (nSPS) is 19.2.